The van der Waals surface area contributed by atoms with Gasteiger partial charge >= 0.3 is 0 Å². The first-order valence-electron chi connectivity index (χ1n) is 7.27. The van der Waals surface area contributed by atoms with Gasteiger partial charge in [0.05, 0.1) is 12.7 Å². The molecule has 0 fully saturated rings. The Balaban J connectivity index is 1.70. The number of rotatable bonds is 5. The fourth-order valence-electron chi connectivity index (χ4n) is 2.09. The van der Waals surface area contributed by atoms with Crippen LogP contribution in [0.25, 0.3) is 16.6 Å². The molecule has 1 heterocycles. The fraction of sp³-hybridized carbons (Fsp3) is 0.0556. The van der Waals surface area contributed by atoms with Crippen LogP contribution in [0.15, 0.2) is 60.7 Å². The zero-order valence-corrected chi connectivity index (χ0v) is 13.8. The summed E-state index contributed by atoms with van der Waals surface area (Å²) in [6.45, 7) is 0. The summed E-state index contributed by atoms with van der Waals surface area (Å²) in [7, 11) is 1.61. The molecule has 3 rings (SSSR count). The number of carbonyl (C=O) groups excluding carboxylic acids is 1. The highest BCUT2D eigenvalue weighted by atomic mass is 32.1. The molecule has 0 aliphatic rings. The zero-order valence-electron chi connectivity index (χ0n) is 13.0. The second kappa shape index (κ2) is 7.52. The minimum atomic E-state index is -0.249. The third-order valence-electron chi connectivity index (χ3n) is 3.22. The Morgan fingerprint density at radius 1 is 1.08 bits per heavy atom. The summed E-state index contributed by atoms with van der Waals surface area (Å²) in [6.07, 6.45) is 3.22. The largest absolute Gasteiger partial charge is 0.496 e. The number of benzene rings is 2. The minimum absolute atomic E-state index is 0.249. The third kappa shape index (κ3) is 3.85. The molecule has 0 unspecified atom stereocenters. The number of anilines is 1. The molecular formula is C18H15N3O2S. The predicted molar refractivity (Wildman–Crippen MR) is 96.0 cm³/mol. The van der Waals surface area contributed by atoms with E-state index in [2.05, 4.69) is 15.5 Å². The summed E-state index contributed by atoms with van der Waals surface area (Å²) in [5.74, 6) is 0.470. The van der Waals surface area contributed by atoms with E-state index in [1.54, 1.807) is 13.2 Å². The van der Waals surface area contributed by atoms with Gasteiger partial charge in [-0.3, -0.25) is 10.1 Å². The maximum atomic E-state index is 12.0. The summed E-state index contributed by atoms with van der Waals surface area (Å²) < 4.78 is 5.32. The smallest absolute Gasteiger partial charge is 0.250 e. The molecule has 0 aliphatic carbocycles. The highest BCUT2D eigenvalue weighted by Gasteiger charge is 2.12. The van der Waals surface area contributed by atoms with Gasteiger partial charge in [0.25, 0.3) is 0 Å². The number of para-hydroxylation sites is 1. The summed E-state index contributed by atoms with van der Waals surface area (Å²) in [6, 6.07) is 17.2. The van der Waals surface area contributed by atoms with Gasteiger partial charge in [-0.05, 0) is 23.8 Å². The first-order valence-corrected chi connectivity index (χ1v) is 8.09. The molecule has 0 aliphatic heterocycles. The number of nitrogens with one attached hydrogen (secondary N) is 1. The van der Waals surface area contributed by atoms with Crippen LogP contribution in [-0.4, -0.2) is 23.2 Å². The zero-order chi connectivity index (χ0) is 16.8. The van der Waals surface area contributed by atoms with Crippen molar-refractivity contribution in [2.75, 3.05) is 12.4 Å². The van der Waals surface area contributed by atoms with Crippen LogP contribution in [-0.2, 0) is 4.79 Å². The van der Waals surface area contributed by atoms with Crippen molar-refractivity contribution in [3.05, 3.63) is 66.2 Å². The van der Waals surface area contributed by atoms with Crippen LogP contribution in [0.4, 0.5) is 5.13 Å². The number of amides is 1. The van der Waals surface area contributed by atoms with Crippen LogP contribution in [0.1, 0.15) is 5.56 Å². The lowest BCUT2D eigenvalue weighted by Crippen LogP contribution is -2.07. The minimum Gasteiger partial charge on any atom is -0.496 e. The van der Waals surface area contributed by atoms with Crippen LogP contribution in [0.2, 0.25) is 0 Å². The van der Waals surface area contributed by atoms with Crippen LogP contribution < -0.4 is 10.1 Å². The monoisotopic (exact) mass is 337 g/mol. The Hall–Kier alpha value is -2.99. The van der Waals surface area contributed by atoms with Crippen molar-refractivity contribution < 1.29 is 9.53 Å². The van der Waals surface area contributed by atoms with Gasteiger partial charge in [-0.25, -0.2) is 0 Å². The molecular weight excluding hydrogens is 322 g/mol. The third-order valence-corrected chi connectivity index (χ3v) is 4.09. The van der Waals surface area contributed by atoms with Gasteiger partial charge in [0.15, 0.2) is 5.01 Å². The molecule has 1 N–H and O–H groups in total. The average molecular weight is 337 g/mol. The molecule has 0 saturated carbocycles. The Morgan fingerprint density at radius 2 is 1.83 bits per heavy atom. The van der Waals surface area contributed by atoms with Gasteiger partial charge in [-0.1, -0.05) is 53.8 Å². The lowest BCUT2D eigenvalue weighted by Gasteiger charge is -2.03. The molecule has 1 aromatic heterocycles. The first kappa shape index (κ1) is 15.9. The molecule has 3 aromatic rings. The fourth-order valence-corrected chi connectivity index (χ4v) is 2.86. The predicted octanol–water partition coefficient (Wildman–Crippen LogP) is 3.87. The Bertz CT molecular complexity index is 859. The SMILES string of the molecule is COc1ccccc1-c1nnc(NC(=O)/C=C/c2ccccc2)s1. The van der Waals surface area contributed by atoms with Gasteiger partial charge in [-0.2, -0.15) is 0 Å². The maximum absolute atomic E-state index is 12.0. The summed E-state index contributed by atoms with van der Waals surface area (Å²) in [4.78, 5) is 12.0. The van der Waals surface area contributed by atoms with E-state index in [4.69, 9.17) is 4.74 Å². The standard InChI is InChI=1S/C18H15N3O2S/c1-23-15-10-6-5-9-14(15)17-20-21-18(24-17)19-16(22)12-11-13-7-3-2-4-8-13/h2-12H,1H3,(H,19,21,22)/b12-11+. The lowest BCUT2D eigenvalue weighted by molar-refractivity contribution is -0.111. The number of hydrogen-bond donors (Lipinski definition) is 1. The first-order chi connectivity index (χ1) is 11.8. The van der Waals surface area contributed by atoms with Crippen molar-refractivity contribution >= 4 is 28.5 Å². The van der Waals surface area contributed by atoms with Crippen LogP contribution >= 0.6 is 11.3 Å². The molecule has 24 heavy (non-hydrogen) atoms. The second-order valence-corrected chi connectivity index (χ2v) is 5.82. The van der Waals surface area contributed by atoms with Gasteiger partial charge in [0, 0.05) is 6.08 Å². The van der Waals surface area contributed by atoms with Crippen molar-refractivity contribution in [3.8, 4) is 16.3 Å². The van der Waals surface area contributed by atoms with Crippen molar-refractivity contribution in [3.63, 3.8) is 0 Å². The molecule has 2 aromatic carbocycles. The van der Waals surface area contributed by atoms with Crippen molar-refractivity contribution in [1.82, 2.24) is 10.2 Å². The number of nitrogens with zero attached hydrogens (tertiary/aromatic N) is 2. The van der Waals surface area contributed by atoms with E-state index in [9.17, 15) is 4.79 Å². The van der Waals surface area contributed by atoms with E-state index >= 15 is 0 Å². The Morgan fingerprint density at radius 3 is 2.62 bits per heavy atom. The van der Waals surface area contributed by atoms with Crippen molar-refractivity contribution in [1.29, 1.82) is 0 Å². The topological polar surface area (TPSA) is 64.1 Å². The van der Waals surface area contributed by atoms with E-state index in [0.717, 1.165) is 16.9 Å². The summed E-state index contributed by atoms with van der Waals surface area (Å²) in [5, 5.41) is 12.0. The molecule has 6 heteroatoms. The lowest BCUT2D eigenvalue weighted by atomic mass is 10.2. The van der Waals surface area contributed by atoms with Crippen LogP contribution in [0.5, 0.6) is 5.75 Å². The Labute approximate surface area is 143 Å². The average Bonchev–Trinajstić information content (AvgIpc) is 3.09. The summed E-state index contributed by atoms with van der Waals surface area (Å²) >= 11 is 1.30. The molecule has 0 bridgehead atoms. The van der Waals surface area contributed by atoms with E-state index in [0.29, 0.717) is 10.1 Å². The second-order valence-electron chi connectivity index (χ2n) is 4.85. The van der Waals surface area contributed by atoms with E-state index in [1.165, 1.54) is 17.4 Å². The molecule has 1 amide bonds. The van der Waals surface area contributed by atoms with Gasteiger partial charge in [0.1, 0.15) is 5.75 Å². The quantitative estimate of drug-likeness (QED) is 0.718. The van der Waals surface area contributed by atoms with Gasteiger partial charge in [-0.15, -0.1) is 10.2 Å². The number of ether oxygens (including phenoxy) is 1. The number of aromatic nitrogens is 2. The normalized spacial score (nSPS) is 10.7. The van der Waals surface area contributed by atoms with E-state index in [-0.39, 0.29) is 5.91 Å². The molecule has 0 saturated heterocycles. The highest BCUT2D eigenvalue weighted by Crippen LogP contribution is 2.33. The maximum Gasteiger partial charge on any atom is 0.250 e. The molecule has 120 valence electrons. The molecule has 0 radical (unpaired) electrons. The molecule has 0 atom stereocenters. The van der Waals surface area contributed by atoms with Gasteiger partial charge < -0.3 is 4.74 Å². The van der Waals surface area contributed by atoms with E-state index < -0.39 is 0 Å². The molecule has 5 nitrogen and oxygen atoms in total. The van der Waals surface area contributed by atoms with Crippen LogP contribution in [0.3, 0.4) is 0 Å². The Kier molecular flexibility index (Phi) is 4.98. The highest BCUT2D eigenvalue weighted by molar-refractivity contribution is 7.18. The van der Waals surface area contributed by atoms with Gasteiger partial charge in [0.2, 0.25) is 11.0 Å². The number of methoxy groups -OCH3 is 1. The van der Waals surface area contributed by atoms with Crippen molar-refractivity contribution in [2.45, 2.75) is 0 Å². The number of hydrogen-bond acceptors (Lipinski definition) is 5. The van der Waals surface area contributed by atoms with Crippen LogP contribution in [0, 0.1) is 0 Å². The summed E-state index contributed by atoms with van der Waals surface area (Å²) in [5.41, 5.74) is 1.80. The van der Waals surface area contributed by atoms with Crippen molar-refractivity contribution in [2.24, 2.45) is 0 Å². The van der Waals surface area contributed by atoms with E-state index in [1.807, 2.05) is 54.6 Å². The number of carbonyl (C=O) groups is 1. The molecule has 0 spiro atoms.